The molecule has 0 aliphatic carbocycles. The van der Waals surface area contributed by atoms with Crippen LogP contribution in [-0.4, -0.2) is 32.8 Å². The standard InChI is InChI=1S/C12H18N2O6S/c1-3-9(8-21(13,17)18)7-20-12-6-10(14(15)16)4-5-11(12)19-2/h4-6,9H,3,7-8H2,1-2H3,(H2,13,17,18). The Morgan fingerprint density at radius 2 is 2.05 bits per heavy atom. The van der Waals surface area contributed by atoms with Crippen LogP contribution in [0.2, 0.25) is 0 Å². The number of non-ortho nitro benzene ring substituents is 1. The number of primary sulfonamides is 1. The summed E-state index contributed by atoms with van der Waals surface area (Å²) in [5.74, 6) is 0.0235. The van der Waals surface area contributed by atoms with Gasteiger partial charge in [-0.2, -0.15) is 0 Å². The van der Waals surface area contributed by atoms with Crippen molar-refractivity contribution in [3.8, 4) is 11.5 Å². The lowest BCUT2D eigenvalue weighted by Crippen LogP contribution is -2.26. The molecular weight excluding hydrogens is 300 g/mol. The monoisotopic (exact) mass is 318 g/mol. The Bertz CT molecular complexity index is 602. The average molecular weight is 318 g/mol. The van der Waals surface area contributed by atoms with E-state index in [0.29, 0.717) is 12.2 Å². The second-order valence-electron chi connectivity index (χ2n) is 4.51. The maximum Gasteiger partial charge on any atom is 0.273 e. The van der Waals surface area contributed by atoms with Gasteiger partial charge in [0.15, 0.2) is 11.5 Å². The van der Waals surface area contributed by atoms with E-state index >= 15 is 0 Å². The molecule has 1 aromatic carbocycles. The summed E-state index contributed by atoms with van der Waals surface area (Å²) in [5.41, 5.74) is -0.134. The van der Waals surface area contributed by atoms with Crippen molar-refractivity contribution in [1.29, 1.82) is 0 Å². The van der Waals surface area contributed by atoms with Gasteiger partial charge in [-0.3, -0.25) is 10.1 Å². The van der Waals surface area contributed by atoms with Crippen molar-refractivity contribution >= 4 is 15.7 Å². The first-order chi connectivity index (χ1) is 9.76. The van der Waals surface area contributed by atoms with Gasteiger partial charge >= 0.3 is 0 Å². The van der Waals surface area contributed by atoms with Gasteiger partial charge < -0.3 is 9.47 Å². The summed E-state index contributed by atoms with van der Waals surface area (Å²) in [6, 6.07) is 3.96. The number of methoxy groups -OCH3 is 1. The molecule has 0 aliphatic heterocycles. The highest BCUT2D eigenvalue weighted by Gasteiger charge is 2.17. The largest absolute Gasteiger partial charge is 0.493 e. The second kappa shape index (κ2) is 7.23. The van der Waals surface area contributed by atoms with Gasteiger partial charge in [-0.25, -0.2) is 13.6 Å². The van der Waals surface area contributed by atoms with E-state index in [-0.39, 0.29) is 29.7 Å². The Morgan fingerprint density at radius 1 is 1.38 bits per heavy atom. The predicted octanol–water partition coefficient (Wildman–Crippen LogP) is 1.30. The highest BCUT2D eigenvalue weighted by atomic mass is 32.2. The summed E-state index contributed by atoms with van der Waals surface area (Å²) in [4.78, 5) is 10.2. The van der Waals surface area contributed by atoms with Crippen LogP contribution in [0.5, 0.6) is 11.5 Å². The van der Waals surface area contributed by atoms with Gasteiger partial charge in [0.05, 0.1) is 30.5 Å². The fourth-order valence-electron chi connectivity index (χ4n) is 1.71. The quantitative estimate of drug-likeness (QED) is 0.569. The van der Waals surface area contributed by atoms with Crippen molar-refractivity contribution in [3.05, 3.63) is 28.3 Å². The minimum Gasteiger partial charge on any atom is -0.493 e. The average Bonchev–Trinajstić information content (AvgIpc) is 2.41. The lowest BCUT2D eigenvalue weighted by atomic mass is 10.1. The molecule has 0 aliphatic rings. The SMILES string of the molecule is CCC(COc1cc([N+](=O)[O-])ccc1OC)CS(N)(=O)=O. The Morgan fingerprint density at radius 3 is 2.52 bits per heavy atom. The summed E-state index contributed by atoms with van der Waals surface area (Å²) in [6.07, 6.45) is 0.549. The van der Waals surface area contributed by atoms with Crippen LogP contribution < -0.4 is 14.6 Å². The van der Waals surface area contributed by atoms with Crippen molar-refractivity contribution in [3.63, 3.8) is 0 Å². The summed E-state index contributed by atoms with van der Waals surface area (Å²) in [5, 5.41) is 15.8. The van der Waals surface area contributed by atoms with Crippen molar-refractivity contribution in [2.24, 2.45) is 11.1 Å². The molecule has 9 heteroatoms. The Labute approximate surface area is 123 Å². The number of nitro benzene ring substituents is 1. The molecule has 0 heterocycles. The molecule has 0 fully saturated rings. The molecule has 8 nitrogen and oxygen atoms in total. The van der Waals surface area contributed by atoms with Gasteiger partial charge in [0.1, 0.15) is 0 Å². The number of hydrogen-bond donors (Lipinski definition) is 1. The first-order valence-corrected chi connectivity index (χ1v) is 7.94. The zero-order valence-electron chi connectivity index (χ0n) is 11.8. The van der Waals surface area contributed by atoms with E-state index < -0.39 is 14.9 Å². The Hall–Kier alpha value is -1.87. The molecule has 0 saturated carbocycles. The van der Waals surface area contributed by atoms with E-state index in [1.807, 2.05) is 6.92 Å². The lowest BCUT2D eigenvalue weighted by Gasteiger charge is -2.16. The smallest absolute Gasteiger partial charge is 0.273 e. The minimum atomic E-state index is -3.60. The molecule has 21 heavy (non-hydrogen) atoms. The molecule has 0 amide bonds. The van der Waals surface area contributed by atoms with Crippen LogP contribution in [0.1, 0.15) is 13.3 Å². The number of nitrogens with two attached hydrogens (primary N) is 1. The molecule has 1 unspecified atom stereocenters. The lowest BCUT2D eigenvalue weighted by molar-refractivity contribution is -0.385. The van der Waals surface area contributed by atoms with Crippen LogP contribution >= 0.6 is 0 Å². The first-order valence-electron chi connectivity index (χ1n) is 6.22. The molecule has 0 aromatic heterocycles. The van der Waals surface area contributed by atoms with Crippen molar-refractivity contribution in [2.75, 3.05) is 19.5 Å². The molecule has 1 atom stereocenters. The predicted molar refractivity (Wildman–Crippen MR) is 76.9 cm³/mol. The highest BCUT2D eigenvalue weighted by molar-refractivity contribution is 7.89. The third-order valence-corrected chi connectivity index (χ3v) is 3.81. The van der Waals surface area contributed by atoms with Crippen LogP contribution in [0, 0.1) is 16.0 Å². The van der Waals surface area contributed by atoms with Crippen molar-refractivity contribution in [1.82, 2.24) is 0 Å². The summed E-state index contributed by atoms with van der Waals surface area (Å²) < 4.78 is 32.7. The van der Waals surface area contributed by atoms with Crippen LogP contribution in [0.4, 0.5) is 5.69 Å². The molecule has 0 spiro atoms. The number of ether oxygens (including phenoxy) is 2. The molecular formula is C12H18N2O6S. The maximum absolute atomic E-state index is 11.1. The number of benzene rings is 1. The van der Waals surface area contributed by atoms with Crippen molar-refractivity contribution < 1.29 is 22.8 Å². The van der Waals surface area contributed by atoms with Gasteiger partial charge in [-0.05, 0) is 12.5 Å². The molecule has 0 radical (unpaired) electrons. The van der Waals surface area contributed by atoms with Gasteiger partial charge in [0.25, 0.3) is 5.69 Å². The van der Waals surface area contributed by atoms with E-state index in [0.717, 1.165) is 0 Å². The number of nitro groups is 1. The van der Waals surface area contributed by atoms with E-state index in [4.69, 9.17) is 14.6 Å². The molecule has 0 saturated heterocycles. The van der Waals surface area contributed by atoms with Gasteiger partial charge in [-0.1, -0.05) is 6.92 Å². The number of nitrogens with zero attached hydrogens (tertiary/aromatic N) is 1. The minimum absolute atomic E-state index is 0.0739. The van der Waals surface area contributed by atoms with Crippen LogP contribution in [0.15, 0.2) is 18.2 Å². The van der Waals surface area contributed by atoms with Crippen LogP contribution in [-0.2, 0) is 10.0 Å². The normalized spacial score (nSPS) is 12.7. The van der Waals surface area contributed by atoms with E-state index in [1.165, 1.54) is 25.3 Å². The first kappa shape index (κ1) is 17.2. The molecule has 118 valence electrons. The zero-order valence-corrected chi connectivity index (χ0v) is 12.6. The van der Waals surface area contributed by atoms with Crippen LogP contribution in [0.25, 0.3) is 0 Å². The Kier molecular flexibility index (Phi) is 5.91. The summed E-state index contributed by atoms with van der Waals surface area (Å²) in [6.45, 7) is 1.88. The fourth-order valence-corrected chi connectivity index (χ4v) is 2.70. The van der Waals surface area contributed by atoms with E-state index in [1.54, 1.807) is 0 Å². The fraction of sp³-hybridized carbons (Fsp3) is 0.500. The highest BCUT2D eigenvalue weighted by Crippen LogP contribution is 2.31. The molecule has 1 rings (SSSR count). The van der Waals surface area contributed by atoms with E-state index in [9.17, 15) is 18.5 Å². The van der Waals surface area contributed by atoms with Gasteiger partial charge in [-0.15, -0.1) is 0 Å². The summed E-state index contributed by atoms with van der Waals surface area (Å²) >= 11 is 0. The number of sulfonamides is 1. The topological polar surface area (TPSA) is 122 Å². The zero-order chi connectivity index (χ0) is 16.0. The number of hydrogen-bond acceptors (Lipinski definition) is 6. The molecule has 1 aromatic rings. The van der Waals surface area contributed by atoms with Gasteiger partial charge in [0.2, 0.25) is 10.0 Å². The molecule has 2 N–H and O–H groups in total. The third kappa shape index (κ3) is 5.56. The molecule has 0 bridgehead atoms. The van der Waals surface area contributed by atoms with Crippen molar-refractivity contribution in [2.45, 2.75) is 13.3 Å². The number of rotatable bonds is 8. The van der Waals surface area contributed by atoms with Crippen LogP contribution in [0.3, 0.4) is 0 Å². The summed E-state index contributed by atoms with van der Waals surface area (Å²) in [7, 11) is -2.18. The third-order valence-electron chi connectivity index (χ3n) is 2.88. The maximum atomic E-state index is 11.1. The Balaban J connectivity index is 2.85. The van der Waals surface area contributed by atoms with Gasteiger partial charge in [0, 0.05) is 12.0 Å². The second-order valence-corrected chi connectivity index (χ2v) is 6.17. The van der Waals surface area contributed by atoms with E-state index in [2.05, 4.69) is 0 Å².